The van der Waals surface area contributed by atoms with Gasteiger partial charge >= 0.3 is 0 Å². The lowest BCUT2D eigenvalue weighted by Crippen LogP contribution is -2.33. The Hall–Kier alpha value is -0.480. The smallest absolute Gasteiger partial charge is 0.233 e. The first-order chi connectivity index (χ1) is 7.52. The molecule has 1 aromatic carbocycles. The lowest BCUT2D eigenvalue weighted by atomic mass is 10.1. The van der Waals surface area contributed by atoms with Crippen molar-refractivity contribution in [2.75, 3.05) is 0 Å². The number of carbonyl (C=O) groups is 1. The monoisotopic (exact) mass is 301 g/mol. The van der Waals surface area contributed by atoms with E-state index in [1.54, 1.807) is 0 Å². The van der Waals surface area contributed by atoms with Gasteiger partial charge < -0.3 is 5.32 Å². The maximum atomic E-state index is 11.7. The fourth-order valence-corrected chi connectivity index (χ4v) is 1.75. The van der Waals surface area contributed by atoms with Crippen LogP contribution in [-0.4, -0.2) is 11.2 Å². The van der Waals surface area contributed by atoms with Gasteiger partial charge in [-0.15, -0.1) is 0 Å². The van der Waals surface area contributed by atoms with Crippen molar-refractivity contribution in [3.63, 3.8) is 0 Å². The van der Waals surface area contributed by atoms with Crippen LogP contribution in [0, 0.1) is 5.92 Å². The summed E-state index contributed by atoms with van der Waals surface area (Å²) in [6.07, 6.45) is 0. The molecular formula is C12H16BrNOS. The molecular weight excluding hydrogens is 286 g/mol. The van der Waals surface area contributed by atoms with Crippen LogP contribution in [0.25, 0.3) is 0 Å². The summed E-state index contributed by atoms with van der Waals surface area (Å²) in [6.45, 7) is 4.50. The molecule has 88 valence electrons. The number of thiol groups is 1. The highest BCUT2D eigenvalue weighted by Gasteiger charge is 2.17. The Kier molecular flexibility index (Phi) is 5.35. The van der Waals surface area contributed by atoms with Gasteiger partial charge in [-0.25, -0.2) is 0 Å². The van der Waals surface area contributed by atoms with Gasteiger partial charge in [0.05, 0.1) is 5.25 Å². The molecule has 0 heterocycles. The van der Waals surface area contributed by atoms with Crippen LogP contribution >= 0.6 is 28.6 Å². The number of amides is 1. The van der Waals surface area contributed by atoms with Crippen molar-refractivity contribution >= 4 is 34.5 Å². The number of hydrogen-bond donors (Lipinski definition) is 2. The van der Waals surface area contributed by atoms with E-state index in [-0.39, 0.29) is 17.1 Å². The minimum absolute atomic E-state index is 0.0194. The zero-order chi connectivity index (χ0) is 12.1. The molecule has 0 radical (unpaired) electrons. The van der Waals surface area contributed by atoms with Gasteiger partial charge in [-0.05, 0) is 17.5 Å². The van der Waals surface area contributed by atoms with Gasteiger partial charge in [-0.1, -0.05) is 48.0 Å². The van der Waals surface area contributed by atoms with Gasteiger partial charge in [-0.2, -0.15) is 12.6 Å². The summed E-state index contributed by atoms with van der Waals surface area (Å²) in [5.74, 6) is 0.219. The predicted octanol–water partition coefficient (Wildman–Crippen LogP) is 3.02. The summed E-state index contributed by atoms with van der Waals surface area (Å²) in [7, 11) is 0. The van der Waals surface area contributed by atoms with E-state index in [0.29, 0.717) is 6.54 Å². The Morgan fingerprint density at radius 1 is 1.44 bits per heavy atom. The second-order valence-electron chi connectivity index (χ2n) is 4.00. The Labute approximate surface area is 110 Å². The fraction of sp³-hybridized carbons (Fsp3) is 0.417. The number of benzene rings is 1. The van der Waals surface area contributed by atoms with Crippen LogP contribution in [-0.2, 0) is 11.3 Å². The molecule has 1 atom stereocenters. The minimum Gasteiger partial charge on any atom is -0.351 e. The number of carbonyl (C=O) groups excluding carboxylic acids is 1. The number of hydrogen-bond acceptors (Lipinski definition) is 2. The van der Waals surface area contributed by atoms with E-state index in [4.69, 9.17) is 0 Å². The Morgan fingerprint density at radius 2 is 2.06 bits per heavy atom. The van der Waals surface area contributed by atoms with E-state index < -0.39 is 0 Å². The molecule has 0 aliphatic carbocycles. The first kappa shape index (κ1) is 13.6. The quantitative estimate of drug-likeness (QED) is 0.823. The minimum atomic E-state index is -0.248. The number of nitrogens with one attached hydrogen (secondary N) is 1. The lowest BCUT2D eigenvalue weighted by molar-refractivity contribution is -0.121. The molecule has 1 unspecified atom stereocenters. The molecule has 0 spiro atoms. The summed E-state index contributed by atoms with van der Waals surface area (Å²) in [4.78, 5) is 11.7. The summed E-state index contributed by atoms with van der Waals surface area (Å²) < 4.78 is 1.01. The lowest BCUT2D eigenvalue weighted by Gasteiger charge is -2.14. The van der Waals surface area contributed by atoms with Gasteiger partial charge in [-0.3, -0.25) is 4.79 Å². The van der Waals surface area contributed by atoms with Crippen molar-refractivity contribution < 1.29 is 4.79 Å². The largest absolute Gasteiger partial charge is 0.351 e. The summed E-state index contributed by atoms with van der Waals surface area (Å²) in [5.41, 5.74) is 1.07. The van der Waals surface area contributed by atoms with Crippen LogP contribution in [0.15, 0.2) is 28.7 Å². The van der Waals surface area contributed by atoms with Crippen LogP contribution < -0.4 is 5.32 Å². The van der Waals surface area contributed by atoms with E-state index in [9.17, 15) is 4.79 Å². The predicted molar refractivity (Wildman–Crippen MR) is 73.6 cm³/mol. The highest BCUT2D eigenvalue weighted by Crippen LogP contribution is 2.16. The molecule has 0 saturated heterocycles. The van der Waals surface area contributed by atoms with E-state index in [1.807, 2.05) is 38.1 Å². The molecule has 0 fully saturated rings. The molecule has 0 aromatic heterocycles. The molecule has 0 bridgehead atoms. The zero-order valence-electron chi connectivity index (χ0n) is 9.40. The highest BCUT2D eigenvalue weighted by atomic mass is 79.9. The van der Waals surface area contributed by atoms with E-state index in [0.717, 1.165) is 10.0 Å². The Bertz CT molecular complexity index is 368. The molecule has 0 aliphatic heterocycles. The molecule has 2 nitrogen and oxygen atoms in total. The van der Waals surface area contributed by atoms with Crippen molar-refractivity contribution in [1.29, 1.82) is 0 Å². The number of halogens is 1. The van der Waals surface area contributed by atoms with Crippen molar-refractivity contribution in [3.05, 3.63) is 34.3 Å². The first-order valence-electron chi connectivity index (χ1n) is 5.21. The molecule has 16 heavy (non-hydrogen) atoms. The van der Waals surface area contributed by atoms with E-state index in [1.165, 1.54) is 0 Å². The Morgan fingerprint density at radius 3 is 2.62 bits per heavy atom. The number of rotatable bonds is 4. The maximum Gasteiger partial charge on any atom is 0.233 e. The van der Waals surface area contributed by atoms with Gasteiger partial charge in [0.15, 0.2) is 0 Å². The third-order valence-corrected chi connectivity index (χ3v) is 3.92. The van der Waals surface area contributed by atoms with Crippen LogP contribution in [0.5, 0.6) is 0 Å². The van der Waals surface area contributed by atoms with E-state index >= 15 is 0 Å². The van der Waals surface area contributed by atoms with Crippen molar-refractivity contribution in [2.45, 2.75) is 25.6 Å². The molecule has 1 N–H and O–H groups in total. The van der Waals surface area contributed by atoms with Gasteiger partial charge in [0.25, 0.3) is 0 Å². The normalized spacial score (nSPS) is 12.6. The van der Waals surface area contributed by atoms with Gasteiger partial charge in [0, 0.05) is 11.0 Å². The highest BCUT2D eigenvalue weighted by molar-refractivity contribution is 9.10. The summed E-state index contributed by atoms with van der Waals surface area (Å²) in [6, 6.07) is 7.84. The van der Waals surface area contributed by atoms with Crippen LogP contribution in [0.3, 0.4) is 0 Å². The van der Waals surface area contributed by atoms with Crippen LogP contribution in [0.1, 0.15) is 19.4 Å². The maximum absolute atomic E-state index is 11.7. The SMILES string of the molecule is CC(C)C(S)C(=O)NCc1ccccc1Br. The molecule has 0 aliphatic rings. The fourth-order valence-electron chi connectivity index (χ4n) is 1.23. The molecule has 4 heteroatoms. The topological polar surface area (TPSA) is 29.1 Å². The summed E-state index contributed by atoms with van der Waals surface area (Å²) >= 11 is 7.71. The van der Waals surface area contributed by atoms with Gasteiger partial charge in [0.1, 0.15) is 0 Å². The average Bonchev–Trinajstić information content (AvgIpc) is 2.26. The second-order valence-corrected chi connectivity index (χ2v) is 5.41. The molecule has 1 aromatic rings. The average molecular weight is 302 g/mol. The standard InChI is InChI=1S/C12H16BrNOS/c1-8(2)11(16)12(15)14-7-9-5-3-4-6-10(9)13/h3-6,8,11,16H,7H2,1-2H3,(H,14,15). The summed E-state index contributed by atoms with van der Waals surface area (Å²) in [5, 5.41) is 2.63. The first-order valence-corrected chi connectivity index (χ1v) is 6.52. The second kappa shape index (κ2) is 6.30. The van der Waals surface area contributed by atoms with Crippen molar-refractivity contribution in [3.8, 4) is 0 Å². The molecule has 1 rings (SSSR count). The van der Waals surface area contributed by atoms with Crippen molar-refractivity contribution in [2.24, 2.45) is 5.92 Å². The third-order valence-electron chi connectivity index (χ3n) is 2.31. The zero-order valence-corrected chi connectivity index (χ0v) is 11.9. The Balaban J connectivity index is 2.52. The van der Waals surface area contributed by atoms with Gasteiger partial charge in [0.2, 0.25) is 5.91 Å². The van der Waals surface area contributed by atoms with Crippen LogP contribution in [0.4, 0.5) is 0 Å². The van der Waals surface area contributed by atoms with Crippen LogP contribution in [0.2, 0.25) is 0 Å². The van der Waals surface area contributed by atoms with Crippen molar-refractivity contribution in [1.82, 2.24) is 5.32 Å². The molecule has 1 amide bonds. The van der Waals surface area contributed by atoms with E-state index in [2.05, 4.69) is 33.9 Å². The third kappa shape index (κ3) is 3.83. The molecule has 0 saturated carbocycles.